The SMILES string of the molecule is CCC(CC(=O)O)NC(=O)CCc1ccc(C)c(Cl)c1. The largest absolute Gasteiger partial charge is 0.481 e. The highest BCUT2D eigenvalue weighted by Crippen LogP contribution is 2.17. The molecule has 1 unspecified atom stereocenters. The van der Waals surface area contributed by atoms with Crippen molar-refractivity contribution in [1.82, 2.24) is 5.32 Å². The number of carbonyl (C=O) groups is 2. The van der Waals surface area contributed by atoms with Crippen molar-refractivity contribution in [3.05, 3.63) is 34.3 Å². The normalized spacial score (nSPS) is 11.9. The van der Waals surface area contributed by atoms with Gasteiger partial charge in [0.1, 0.15) is 0 Å². The third kappa shape index (κ3) is 5.61. The fraction of sp³-hybridized carbons (Fsp3) is 0.467. The molecule has 1 atom stereocenters. The molecule has 4 nitrogen and oxygen atoms in total. The summed E-state index contributed by atoms with van der Waals surface area (Å²) in [5.41, 5.74) is 2.01. The minimum Gasteiger partial charge on any atom is -0.481 e. The van der Waals surface area contributed by atoms with Gasteiger partial charge in [-0.25, -0.2) is 0 Å². The van der Waals surface area contributed by atoms with E-state index < -0.39 is 5.97 Å². The zero-order chi connectivity index (χ0) is 15.1. The van der Waals surface area contributed by atoms with Gasteiger partial charge >= 0.3 is 5.97 Å². The first-order valence-corrected chi connectivity index (χ1v) is 7.06. The second-order valence-electron chi connectivity index (χ2n) is 4.85. The molecule has 0 bridgehead atoms. The van der Waals surface area contributed by atoms with Gasteiger partial charge in [-0.05, 0) is 37.0 Å². The van der Waals surface area contributed by atoms with Gasteiger partial charge in [-0.2, -0.15) is 0 Å². The van der Waals surface area contributed by atoms with E-state index in [1.54, 1.807) is 0 Å². The van der Waals surface area contributed by atoms with Crippen LogP contribution in [0.1, 0.15) is 37.3 Å². The molecule has 20 heavy (non-hydrogen) atoms. The number of aryl methyl sites for hydroxylation is 2. The maximum atomic E-state index is 11.8. The zero-order valence-corrected chi connectivity index (χ0v) is 12.5. The van der Waals surface area contributed by atoms with Crippen molar-refractivity contribution >= 4 is 23.5 Å². The topological polar surface area (TPSA) is 66.4 Å². The summed E-state index contributed by atoms with van der Waals surface area (Å²) in [6, 6.07) is 5.43. The lowest BCUT2D eigenvalue weighted by Crippen LogP contribution is -2.36. The van der Waals surface area contributed by atoms with Crippen LogP contribution < -0.4 is 5.32 Å². The number of nitrogens with one attached hydrogen (secondary N) is 1. The fourth-order valence-corrected chi connectivity index (χ4v) is 2.06. The highest BCUT2D eigenvalue weighted by Gasteiger charge is 2.13. The predicted molar refractivity (Wildman–Crippen MR) is 79.0 cm³/mol. The van der Waals surface area contributed by atoms with E-state index in [0.29, 0.717) is 24.3 Å². The Morgan fingerprint density at radius 1 is 1.40 bits per heavy atom. The average molecular weight is 298 g/mol. The minimum absolute atomic E-state index is 0.0431. The van der Waals surface area contributed by atoms with E-state index in [0.717, 1.165) is 11.1 Å². The summed E-state index contributed by atoms with van der Waals surface area (Å²) in [5, 5.41) is 12.2. The molecule has 0 saturated heterocycles. The molecule has 0 spiro atoms. The van der Waals surface area contributed by atoms with Crippen molar-refractivity contribution < 1.29 is 14.7 Å². The van der Waals surface area contributed by atoms with E-state index >= 15 is 0 Å². The molecule has 2 N–H and O–H groups in total. The lowest BCUT2D eigenvalue weighted by molar-refractivity contribution is -0.137. The molecule has 0 aliphatic rings. The number of carbonyl (C=O) groups excluding carboxylic acids is 1. The Balaban J connectivity index is 2.46. The number of carboxylic acids is 1. The second-order valence-corrected chi connectivity index (χ2v) is 5.26. The number of rotatable bonds is 7. The summed E-state index contributed by atoms with van der Waals surface area (Å²) in [7, 11) is 0. The Labute approximate surface area is 124 Å². The van der Waals surface area contributed by atoms with Crippen LogP contribution in [0.3, 0.4) is 0 Å². The van der Waals surface area contributed by atoms with Gasteiger partial charge in [0.25, 0.3) is 0 Å². The first kappa shape index (κ1) is 16.5. The van der Waals surface area contributed by atoms with E-state index in [9.17, 15) is 9.59 Å². The second kappa shape index (κ2) is 7.90. The molecule has 0 heterocycles. The molecule has 110 valence electrons. The third-order valence-corrected chi connectivity index (χ3v) is 3.56. The molecule has 5 heteroatoms. The molecule has 0 radical (unpaired) electrons. The molecule has 0 aliphatic heterocycles. The quantitative estimate of drug-likeness (QED) is 0.813. The number of halogens is 1. The highest BCUT2D eigenvalue weighted by molar-refractivity contribution is 6.31. The first-order valence-electron chi connectivity index (χ1n) is 6.68. The summed E-state index contributed by atoms with van der Waals surface area (Å²) in [6.07, 6.45) is 1.48. The van der Waals surface area contributed by atoms with Gasteiger partial charge in [-0.1, -0.05) is 30.7 Å². The van der Waals surface area contributed by atoms with Gasteiger partial charge in [-0.3, -0.25) is 9.59 Å². The molecule has 0 aromatic heterocycles. The van der Waals surface area contributed by atoms with Gasteiger partial charge in [-0.15, -0.1) is 0 Å². The number of hydrogen-bond donors (Lipinski definition) is 2. The van der Waals surface area contributed by atoms with Crippen LogP contribution in [-0.2, 0) is 16.0 Å². The van der Waals surface area contributed by atoms with E-state index in [-0.39, 0.29) is 18.4 Å². The van der Waals surface area contributed by atoms with Gasteiger partial charge in [0, 0.05) is 17.5 Å². The highest BCUT2D eigenvalue weighted by atomic mass is 35.5. The Morgan fingerprint density at radius 2 is 2.10 bits per heavy atom. The van der Waals surface area contributed by atoms with Crippen molar-refractivity contribution in [3.8, 4) is 0 Å². The summed E-state index contributed by atoms with van der Waals surface area (Å²) in [5.74, 6) is -1.03. The van der Waals surface area contributed by atoms with Crippen molar-refractivity contribution in [3.63, 3.8) is 0 Å². The van der Waals surface area contributed by atoms with Crippen LogP contribution in [0.4, 0.5) is 0 Å². The average Bonchev–Trinajstić information content (AvgIpc) is 2.39. The monoisotopic (exact) mass is 297 g/mol. The van der Waals surface area contributed by atoms with E-state index in [1.165, 1.54) is 0 Å². The number of carboxylic acid groups (broad SMARTS) is 1. The maximum Gasteiger partial charge on any atom is 0.305 e. The predicted octanol–water partition coefficient (Wildman–Crippen LogP) is 2.95. The van der Waals surface area contributed by atoms with Crippen LogP contribution in [0.2, 0.25) is 5.02 Å². The van der Waals surface area contributed by atoms with Crippen LogP contribution in [0.5, 0.6) is 0 Å². The van der Waals surface area contributed by atoms with Crippen LogP contribution in [-0.4, -0.2) is 23.0 Å². The minimum atomic E-state index is -0.900. The van der Waals surface area contributed by atoms with Crippen LogP contribution in [0.25, 0.3) is 0 Å². The molecular weight excluding hydrogens is 278 g/mol. The van der Waals surface area contributed by atoms with Gasteiger partial charge in [0.05, 0.1) is 6.42 Å². The molecule has 0 fully saturated rings. The van der Waals surface area contributed by atoms with Crippen molar-refractivity contribution in [2.45, 2.75) is 45.6 Å². The molecule has 1 rings (SSSR count). The number of amides is 1. The Hall–Kier alpha value is -1.55. The lowest BCUT2D eigenvalue weighted by Gasteiger charge is -2.14. The number of benzene rings is 1. The smallest absolute Gasteiger partial charge is 0.305 e. The number of aliphatic carboxylic acids is 1. The van der Waals surface area contributed by atoms with E-state index in [4.69, 9.17) is 16.7 Å². The Kier molecular flexibility index (Phi) is 6.52. The van der Waals surface area contributed by atoms with Gasteiger partial charge in [0.2, 0.25) is 5.91 Å². The van der Waals surface area contributed by atoms with Crippen LogP contribution in [0.15, 0.2) is 18.2 Å². The van der Waals surface area contributed by atoms with Crippen molar-refractivity contribution in [2.75, 3.05) is 0 Å². The fourth-order valence-electron chi connectivity index (χ4n) is 1.86. The van der Waals surface area contributed by atoms with Gasteiger partial charge in [0.15, 0.2) is 0 Å². The molecular formula is C15H20ClNO3. The van der Waals surface area contributed by atoms with Crippen LogP contribution >= 0.6 is 11.6 Å². The zero-order valence-electron chi connectivity index (χ0n) is 11.8. The molecule has 1 aromatic rings. The number of hydrogen-bond acceptors (Lipinski definition) is 2. The van der Waals surface area contributed by atoms with Crippen LogP contribution in [0, 0.1) is 6.92 Å². The Bertz CT molecular complexity index is 488. The van der Waals surface area contributed by atoms with E-state index in [2.05, 4.69) is 5.32 Å². The standard InChI is InChI=1S/C15H20ClNO3/c1-3-12(9-15(19)20)17-14(18)7-6-11-5-4-10(2)13(16)8-11/h4-5,8,12H,3,6-7,9H2,1-2H3,(H,17,18)(H,19,20). The first-order chi connectivity index (χ1) is 9.42. The molecule has 1 aromatic carbocycles. The van der Waals surface area contributed by atoms with Crippen molar-refractivity contribution in [1.29, 1.82) is 0 Å². The third-order valence-electron chi connectivity index (χ3n) is 3.16. The molecule has 1 amide bonds. The maximum absolute atomic E-state index is 11.8. The summed E-state index contributed by atoms with van der Waals surface area (Å²) >= 11 is 6.03. The van der Waals surface area contributed by atoms with E-state index in [1.807, 2.05) is 32.0 Å². The summed E-state index contributed by atoms with van der Waals surface area (Å²) in [4.78, 5) is 22.4. The lowest BCUT2D eigenvalue weighted by atomic mass is 10.1. The molecule has 0 saturated carbocycles. The summed E-state index contributed by atoms with van der Waals surface area (Å²) in [6.45, 7) is 3.78. The molecule has 0 aliphatic carbocycles. The Morgan fingerprint density at radius 3 is 2.65 bits per heavy atom. The summed E-state index contributed by atoms with van der Waals surface area (Å²) < 4.78 is 0. The van der Waals surface area contributed by atoms with Crippen molar-refractivity contribution in [2.24, 2.45) is 0 Å². The van der Waals surface area contributed by atoms with Gasteiger partial charge < -0.3 is 10.4 Å².